The maximum absolute atomic E-state index is 13.1. The molecule has 142 valence electrons. The lowest BCUT2D eigenvalue weighted by Gasteiger charge is -2.18. The summed E-state index contributed by atoms with van der Waals surface area (Å²) in [6.07, 6.45) is 6.82. The van der Waals surface area contributed by atoms with Crippen molar-refractivity contribution in [2.75, 3.05) is 10.6 Å². The average molecular weight is 371 g/mol. The minimum atomic E-state index is -0.375. The van der Waals surface area contributed by atoms with Gasteiger partial charge < -0.3 is 10.6 Å². The summed E-state index contributed by atoms with van der Waals surface area (Å²) in [5.74, 6) is 0.112. The van der Waals surface area contributed by atoms with Crippen molar-refractivity contribution in [3.8, 4) is 0 Å². The monoisotopic (exact) mass is 371 g/mol. The predicted molar refractivity (Wildman–Crippen MR) is 113 cm³/mol. The minimum absolute atomic E-state index is 0.0820. The number of carbonyl (C=O) groups is 1. The molecule has 4 rings (SSSR count). The zero-order valence-electron chi connectivity index (χ0n) is 15.8. The molecule has 0 saturated heterocycles. The summed E-state index contributed by atoms with van der Waals surface area (Å²) < 4.78 is 0. The van der Waals surface area contributed by atoms with E-state index in [1.165, 1.54) is 25.7 Å². The summed E-state index contributed by atoms with van der Waals surface area (Å²) >= 11 is 0. The Morgan fingerprint density at radius 1 is 0.857 bits per heavy atom. The normalized spacial score (nSPS) is 14.2. The lowest BCUT2D eigenvalue weighted by Crippen LogP contribution is -2.22. The van der Waals surface area contributed by atoms with Crippen LogP contribution in [0.1, 0.15) is 42.7 Å². The molecule has 0 bridgehead atoms. The summed E-state index contributed by atoms with van der Waals surface area (Å²) in [4.78, 5) is 17.5. The third kappa shape index (κ3) is 4.39. The zero-order chi connectivity index (χ0) is 19.2. The Morgan fingerprint density at radius 3 is 2.00 bits per heavy atom. The van der Waals surface area contributed by atoms with E-state index in [-0.39, 0.29) is 11.8 Å². The van der Waals surface area contributed by atoms with Crippen LogP contribution in [0.3, 0.4) is 0 Å². The summed E-state index contributed by atoms with van der Waals surface area (Å²) in [6, 6.07) is 24.1. The van der Waals surface area contributed by atoms with Gasteiger partial charge >= 0.3 is 0 Å². The molecule has 4 nitrogen and oxygen atoms in total. The molecule has 0 spiro atoms. The lowest BCUT2D eigenvalue weighted by atomic mass is 9.90. The molecule has 0 radical (unpaired) electrons. The minimum Gasteiger partial charge on any atom is -0.381 e. The van der Waals surface area contributed by atoms with Crippen molar-refractivity contribution in [1.82, 2.24) is 4.98 Å². The summed E-state index contributed by atoms with van der Waals surface area (Å²) in [5, 5.41) is 6.50. The van der Waals surface area contributed by atoms with E-state index in [9.17, 15) is 4.79 Å². The molecule has 4 heteroatoms. The number of nitrogens with one attached hydrogen (secondary N) is 2. The average Bonchev–Trinajstić information content (AvgIpc) is 3.24. The molecule has 0 unspecified atom stereocenters. The van der Waals surface area contributed by atoms with E-state index in [1.807, 2.05) is 72.8 Å². The van der Waals surface area contributed by atoms with Gasteiger partial charge in [-0.25, -0.2) is 4.98 Å². The van der Waals surface area contributed by atoms with Crippen molar-refractivity contribution in [3.63, 3.8) is 0 Å². The van der Waals surface area contributed by atoms with Gasteiger partial charge in [-0.3, -0.25) is 4.79 Å². The van der Waals surface area contributed by atoms with Crippen LogP contribution >= 0.6 is 0 Å². The molecule has 1 fully saturated rings. The Balaban J connectivity index is 1.49. The van der Waals surface area contributed by atoms with Gasteiger partial charge in [-0.2, -0.15) is 0 Å². The summed E-state index contributed by atoms with van der Waals surface area (Å²) in [7, 11) is 0. The Morgan fingerprint density at radius 2 is 1.46 bits per heavy atom. The van der Waals surface area contributed by atoms with Gasteiger partial charge in [0.2, 0.25) is 5.91 Å². The van der Waals surface area contributed by atoms with Crippen molar-refractivity contribution in [1.29, 1.82) is 0 Å². The standard InChI is InChI=1S/C24H25N3O/c28-24(23(18-9-3-1-4-10-18)19-11-5-2-6-12-19)27-22-16-15-21(17-25-22)26-20-13-7-8-14-20/h1-6,9-12,15-17,20,23,26H,7-8,13-14H2,(H,25,27,28). The number of hydrogen-bond acceptors (Lipinski definition) is 3. The number of anilines is 2. The van der Waals surface area contributed by atoms with Crippen LogP contribution in [0.25, 0.3) is 0 Å². The molecule has 0 aliphatic heterocycles. The van der Waals surface area contributed by atoms with Gasteiger partial charge in [0.05, 0.1) is 17.8 Å². The number of hydrogen-bond donors (Lipinski definition) is 2. The van der Waals surface area contributed by atoms with E-state index in [1.54, 1.807) is 6.20 Å². The number of rotatable bonds is 6. The number of aromatic nitrogens is 1. The van der Waals surface area contributed by atoms with E-state index in [0.717, 1.165) is 16.8 Å². The smallest absolute Gasteiger partial charge is 0.237 e. The summed E-state index contributed by atoms with van der Waals surface area (Å²) in [5.41, 5.74) is 2.93. The SMILES string of the molecule is O=C(Nc1ccc(NC2CCCC2)cn1)C(c1ccccc1)c1ccccc1. The first kappa shape index (κ1) is 18.2. The molecule has 1 amide bonds. The van der Waals surface area contributed by atoms with Crippen LogP contribution < -0.4 is 10.6 Å². The fraction of sp³-hybridized carbons (Fsp3) is 0.250. The van der Waals surface area contributed by atoms with E-state index in [0.29, 0.717) is 11.9 Å². The van der Waals surface area contributed by atoms with Crippen molar-refractivity contribution >= 4 is 17.4 Å². The quantitative estimate of drug-likeness (QED) is 0.626. The first-order valence-electron chi connectivity index (χ1n) is 9.93. The van der Waals surface area contributed by atoms with E-state index in [4.69, 9.17) is 0 Å². The van der Waals surface area contributed by atoms with Crippen LogP contribution in [0.4, 0.5) is 11.5 Å². The molecule has 2 N–H and O–H groups in total. The van der Waals surface area contributed by atoms with E-state index in [2.05, 4.69) is 15.6 Å². The first-order chi connectivity index (χ1) is 13.8. The second-order valence-electron chi connectivity index (χ2n) is 7.30. The Kier molecular flexibility index (Phi) is 5.66. The van der Waals surface area contributed by atoms with Crippen molar-refractivity contribution < 1.29 is 4.79 Å². The molecule has 1 aliphatic carbocycles. The van der Waals surface area contributed by atoms with Crippen LogP contribution in [0.15, 0.2) is 79.0 Å². The zero-order valence-corrected chi connectivity index (χ0v) is 15.8. The van der Waals surface area contributed by atoms with E-state index < -0.39 is 0 Å². The van der Waals surface area contributed by atoms with E-state index >= 15 is 0 Å². The third-order valence-corrected chi connectivity index (χ3v) is 5.27. The van der Waals surface area contributed by atoms with Crippen molar-refractivity contribution in [2.24, 2.45) is 0 Å². The molecule has 28 heavy (non-hydrogen) atoms. The second kappa shape index (κ2) is 8.70. The van der Waals surface area contributed by atoms with Gasteiger partial charge in [0, 0.05) is 6.04 Å². The molecule has 0 atom stereocenters. The van der Waals surface area contributed by atoms with Gasteiger partial charge in [0.15, 0.2) is 0 Å². The number of benzene rings is 2. The van der Waals surface area contributed by atoms with Gasteiger partial charge in [-0.1, -0.05) is 73.5 Å². The topological polar surface area (TPSA) is 54.0 Å². The van der Waals surface area contributed by atoms with Gasteiger partial charge in [0.25, 0.3) is 0 Å². The highest BCUT2D eigenvalue weighted by molar-refractivity contribution is 5.97. The van der Waals surface area contributed by atoms with Gasteiger partial charge in [-0.15, -0.1) is 0 Å². The molecular weight excluding hydrogens is 346 g/mol. The molecule has 1 heterocycles. The van der Waals surface area contributed by atoms with Crippen LogP contribution in [-0.4, -0.2) is 16.9 Å². The highest BCUT2D eigenvalue weighted by Gasteiger charge is 2.23. The van der Waals surface area contributed by atoms with Crippen LogP contribution in [-0.2, 0) is 4.79 Å². The molecule has 3 aromatic rings. The van der Waals surface area contributed by atoms with Gasteiger partial charge in [0.1, 0.15) is 5.82 Å². The highest BCUT2D eigenvalue weighted by atomic mass is 16.1. The number of pyridine rings is 1. The predicted octanol–water partition coefficient (Wildman–Crippen LogP) is 5.21. The molecule has 1 aliphatic rings. The Labute approximate surface area is 166 Å². The molecule has 1 aromatic heterocycles. The van der Waals surface area contributed by atoms with Crippen molar-refractivity contribution in [3.05, 3.63) is 90.1 Å². The second-order valence-corrected chi connectivity index (χ2v) is 7.30. The Bertz CT molecular complexity index is 849. The van der Waals surface area contributed by atoms with Crippen LogP contribution in [0.5, 0.6) is 0 Å². The maximum atomic E-state index is 13.1. The third-order valence-electron chi connectivity index (χ3n) is 5.27. The number of amides is 1. The molecule has 2 aromatic carbocycles. The lowest BCUT2D eigenvalue weighted by molar-refractivity contribution is -0.116. The van der Waals surface area contributed by atoms with Crippen LogP contribution in [0, 0.1) is 0 Å². The largest absolute Gasteiger partial charge is 0.381 e. The molecular formula is C24H25N3O. The Hall–Kier alpha value is -3.14. The van der Waals surface area contributed by atoms with Crippen molar-refractivity contribution in [2.45, 2.75) is 37.6 Å². The fourth-order valence-corrected chi connectivity index (χ4v) is 3.84. The number of carbonyl (C=O) groups excluding carboxylic acids is 1. The molecule has 1 saturated carbocycles. The fourth-order valence-electron chi connectivity index (χ4n) is 3.84. The first-order valence-corrected chi connectivity index (χ1v) is 9.93. The summed E-state index contributed by atoms with van der Waals surface area (Å²) in [6.45, 7) is 0. The van der Waals surface area contributed by atoms with Gasteiger partial charge in [-0.05, 0) is 36.1 Å². The number of nitrogens with zero attached hydrogens (tertiary/aromatic N) is 1. The van der Waals surface area contributed by atoms with Crippen LogP contribution in [0.2, 0.25) is 0 Å². The maximum Gasteiger partial charge on any atom is 0.237 e. The highest BCUT2D eigenvalue weighted by Crippen LogP contribution is 2.26.